The monoisotopic (exact) mass is 182 g/mol. The van der Waals surface area contributed by atoms with Crippen molar-refractivity contribution in [3.8, 4) is 0 Å². The highest BCUT2D eigenvalue weighted by atomic mass is 32.1. The van der Waals surface area contributed by atoms with E-state index < -0.39 is 6.10 Å². The SMILES string of the molecule is COC(=S)[C@H](O)c1ccccc1. The van der Waals surface area contributed by atoms with Crippen LogP contribution < -0.4 is 0 Å². The first-order chi connectivity index (χ1) is 5.75. The summed E-state index contributed by atoms with van der Waals surface area (Å²) in [5.41, 5.74) is 0.754. The molecule has 0 heterocycles. The van der Waals surface area contributed by atoms with Crippen LogP contribution in [0.4, 0.5) is 0 Å². The number of aliphatic hydroxyl groups is 1. The van der Waals surface area contributed by atoms with Gasteiger partial charge in [0.15, 0.2) is 5.05 Å². The number of benzene rings is 1. The molecule has 1 N–H and O–H groups in total. The third-order valence-electron chi connectivity index (χ3n) is 1.54. The van der Waals surface area contributed by atoms with Crippen molar-refractivity contribution in [1.29, 1.82) is 0 Å². The molecule has 0 saturated carbocycles. The van der Waals surface area contributed by atoms with Gasteiger partial charge in [-0.2, -0.15) is 0 Å². The Balaban J connectivity index is 2.78. The summed E-state index contributed by atoms with van der Waals surface area (Å²) in [6.45, 7) is 0. The summed E-state index contributed by atoms with van der Waals surface area (Å²) in [4.78, 5) is 0. The molecule has 0 bridgehead atoms. The molecule has 0 fully saturated rings. The Labute approximate surface area is 76.8 Å². The molecule has 3 heteroatoms. The minimum absolute atomic E-state index is 0.196. The lowest BCUT2D eigenvalue weighted by molar-refractivity contribution is 0.213. The summed E-state index contributed by atoms with van der Waals surface area (Å²) in [5.74, 6) is 0. The van der Waals surface area contributed by atoms with Gasteiger partial charge in [-0.25, -0.2) is 0 Å². The normalized spacial score (nSPS) is 12.2. The van der Waals surface area contributed by atoms with E-state index in [1.165, 1.54) is 7.11 Å². The van der Waals surface area contributed by atoms with Crippen molar-refractivity contribution < 1.29 is 9.84 Å². The molecule has 2 nitrogen and oxygen atoms in total. The van der Waals surface area contributed by atoms with Crippen LogP contribution >= 0.6 is 12.2 Å². The molecule has 0 unspecified atom stereocenters. The Morgan fingerprint density at radius 1 is 1.42 bits per heavy atom. The number of hydrogen-bond donors (Lipinski definition) is 1. The highest BCUT2D eigenvalue weighted by Gasteiger charge is 2.12. The molecule has 0 amide bonds. The summed E-state index contributed by atoms with van der Waals surface area (Å²) >= 11 is 4.79. The van der Waals surface area contributed by atoms with Crippen LogP contribution in [0.15, 0.2) is 30.3 Å². The highest BCUT2D eigenvalue weighted by molar-refractivity contribution is 7.80. The maximum Gasteiger partial charge on any atom is 0.192 e. The molecule has 12 heavy (non-hydrogen) atoms. The first kappa shape index (κ1) is 9.16. The van der Waals surface area contributed by atoms with Crippen molar-refractivity contribution in [3.63, 3.8) is 0 Å². The van der Waals surface area contributed by atoms with E-state index in [9.17, 15) is 5.11 Å². The van der Waals surface area contributed by atoms with Gasteiger partial charge in [0.1, 0.15) is 6.10 Å². The number of rotatable bonds is 2. The molecule has 0 aliphatic rings. The van der Waals surface area contributed by atoms with Crippen LogP contribution in [0.1, 0.15) is 11.7 Å². The van der Waals surface area contributed by atoms with E-state index in [1.807, 2.05) is 18.2 Å². The van der Waals surface area contributed by atoms with Crippen LogP contribution in [-0.4, -0.2) is 17.3 Å². The zero-order valence-corrected chi connectivity index (χ0v) is 7.54. The lowest BCUT2D eigenvalue weighted by Crippen LogP contribution is -2.10. The molecule has 1 rings (SSSR count). The molecule has 1 atom stereocenters. The Bertz CT molecular complexity index is 258. The van der Waals surface area contributed by atoms with Gasteiger partial charge in [0, 0.05) is 0 Å². The second-order valence-corrected chi connectivity index (χ2v) is 2.74. The Kier molecular flexibility index (Phi) is 3.19. The van der Waals surface area contributed by atoms with Crippen LogP contribution in [0.25, 0.3) is 0 Å². The van der Waals surface area contributed by atoms with Crippen LogP contribution in [0.5, 0.6) is 0 Å². The maximum atomic E-state index is 9.52. The minimum atomic E-state index is -0.800. The molecule has 64 valence electrons. The van der Waals surface area contributed by atoms with E-state index in [-0.39, 0.29) is 5.05 Å². The van der Waals surface area contributed by atoms with Gasteiger partial charge in [-0.3, -0.25) is 0 Å². The number of methoxy groups -OCH3 is 1. The molecule has 0 aliphatic carbocycles. The van der Waals surface area contributed by atoms with Gasteiger partial charge < -0.3 is 9.84 Å². The van der Waals surface area contributed by atoms with Crippen LogP contribution in [0, 0.1) is 0 Å². The fourth-order valence-corrected chi connectivity index (χ4v) is 1.02. The number of hydrogen-bond acceptors (Lipinski definition) is 3. The summed E-state index contributed by atoms with van der Waals surface area (Å²) < 4.78 is 4.75. The zero-order valence-electron chi connectivity index (χ0n) is 6.73. The second kappa shape index (κ2) is 4.18. The van der Waals surface area contributed by atoms with Crippen molar-refractivity contribution in [2.45, 2.75) is 6.10 Å². The quantitative estimate of drug-likeness (QED) is 0.706. The number of thiocarbonyl (C=S) groups is 1. The molecule has 1 aromatic rings. The summed E-state index contributed by atoms with van der Waals surface area (Å²) in [6.07, 6.45) is -0.800. The summed E-state index contributed by atoms with van der Waals surface area (Å²) in [5, 5.41) is 9.72. The van der Waals surface area contributed by atoms with Crippen molar-refractivity contribution in [2.75, 3.05) is 7.11 Å². The van der Waals surface area contributed by atoms with Crippen molar-refractivity contribution in [3.05, 3.63) is 35.9 Å². The largest absolute Gasteiger partial charge is 0.488 e. The molecule has 1 aromatic carbocycles. The van der Waals surface area contributed by atoms with Crippen LogP contribution in [0.2, 0.25) is 0 Å². The highest BCUT2D eigenvalue weighted by Crippen LogP contribution is 2.13. The van der Waals surface area contributed by atoms with Crippen LogP contribution in [-0.2, 0) is 4.74 Å². The lowest BCUT2D eigenvalue weighted by Gasteiger charge is -2.10. The Hall–Kier alpha value is -0.930. The van der Waals surface area contributed by atoms with E-state index in [2.05, 4.69) is 0 Å². The fourth-order valence-electron chi connectivity index (χ4n) is 0.883. The Morgan fingerprint density at radius 2 is 2.00 bits per heavy atom. The minimum Gasteiger partial charge on any atom is -0.488 e. The first-order valence-corrected chi connectivity index (χ1v) is 3.97. The molecule has 0 aromatic heterocycles. The van der Waals surface area contributed by atoms with Gasteiger partial charge in [0.2, 0.25) is 0 Å². The van der Waals surface area contributed by atoms with Gasteiger partial charge >= 0.3 is 0 Å². The van der Waals surface area contributed by atoms with Crippen molar-refractivity contribution in [1.82, 2.24) is 0 Å². The zero-order chi connectivity index (χ0) is 8.97. The standard InChI is InChI=1S/C9H10O2S/c1-11-9(12)8(10)7-5-3-2-4-6-7/h2-6,8,10H,1H3/t8-/m1/s1. The lowest BCUT2D eigenvalue weighted by atomic mass is 10.1. The van der Waals surface area contributed by atoms with E-state index in [1.54, 1.807) is 12.1 Å². The van der Waals surface area contributed by atoms with Crippen molar-refractivity contribution >= 4 is 17.3 Å². The van der Waals surface area contributed by atoms with Gasteiger partial charge in [-0.15, -0.1) is 0 Å². The van der Waals surface area contributed by atoms with Gasteiger partial charge in [0.25, 0.3) is 0 Å². The maximum absolute atomic E-state index is 9.52. The summed E-state index contributed by atoms with van der Waals surface area (Å²) in [7, 11) is 1.45. The molecule has 0 aliphatic heterocycles. The molecule has 0 spiro atoms. The molecule has 0 radical (unpaired) electrons. The number of aliphatic hydroxyl groups excluding tert-OH is 1. The fraction of sp³-hybridized carbons (Fsp3) is 0.222. The van der Waals surface area contributed by atoms with Gasteiger partial charge in [-0.05, 0) is 17.8 Å². The smallest absolute Gasteiger partial charge is 0.192 e. The van der Waals surface area contributed by atoms with Crippen LogP contribution in [0.3, 0.4) is 0 Å². The number of ether oxygens (including phenoxy) is 1. The van der Waals surface area contributed by atoms with E-state index in [0.717, 1.165) is 5.56 Å². The topological polar surface area (TPSA) is 29.5 Å². The van der Waals surface area contributed by atoms with E-state index in [0.29, 0.717) is 0 Å². The third kappa shape index (κ3) is 2.03. The average Bonchev–Trinajstić information content (AvgIpc) is 2.17. The van der Waals surface area contributed by atoms with Gasteiger partial charge in [-0.1, -0.05) is 30.3 Å². The Morgan fingerprint density at radius 3 is 2.50 bits per heavy atom. The molecular formula is C9H10O2S. The molecule has 0 saturated heterocycles. The van der Waals surface area contributed by atoms with E-state index in [4.69, 9.17) is 17.0 Å². The predicted octanol–water partition coefficient (Wildman–Crippen LogP) is 1.69. The predicted molar refractivity (Wildman–Crippen MR) is 51.0 cm³/mol. The first-order valence-electron chi connectivity index (χ1n) is 3.56. The molecular weight excluding hydrogens is 172 g/mol. The summed E-state index contributed by atoms with van der Waals surface area (Å²) in [6, 6.07) is 9.17. The van der Waals surface area contributed by atoms with E-state index >= 15 is 0 Å². The van der Waals surface area contributed by atoms with Gasteiger partial charge in [0.05, 0.1) is 7.11 Å². The van der Waals surface area contributed by atoms with Crippen molar-refractivity contribution in [2.24, 2.45) is 0 Å². The second-order valence-electron chi connectivity index (χ2n) is 2.34. The average molecular weight is 182 g/mol. The third-order valence-corrected chi connectivity index (χ3v) is 1.93.